The molecule has 2 heterocycles. The molecule has 2 aromatic heterocycles. The Hall–Kier alpha value is -3.03. The first-order valence-electron chi connectivity index (χ1n) is 10.3. The summed E-state index contributed by atoms with van der Waals surface area (Å²) in [5.74, 6) is -0.240. The van der Waals surface area contributed by atoms with Crippen LogP contribution in [0.1, 0.15) is 52.1 Å². The van der Waals surface area contributed by atoms with E-state index in [4.69, 9.17) is 0 Å². The first-order valence-corrected chi connectivity index (χ1v) is 10.3. The number of aromatic nitrogens is 4. The molecule has 158 valence electrons. The smallest absolute Gasteiger partial charge is 0.293 e. The fourth-order valence-electron chi connectivity index (χ4n) is 4.02. The van der Waals surface area contributed by atoms with Gasteiger partial charge in [0, 0.05) is 23.4 Å². The van der Waals surface area contributed by atoms with Gasteiger partial charge in [0.2, 0.25) is 5.91 Å². The maximum absolute atomic E-state index is 13.4. The Balaban J connectivity index is 1.84. The van der Waals surface area contributed by atoms with Gasteiger partial charge in [0.25, 0.3) is 5.56 Å². The molecule has 0 radical (unpaired) electrons. The van der Waals surface area contributed by atoms with Gasteiger partial charge in [-0.1, -0.05) is 0 Å². The Bertz CT molecular complexity index is 1130. The molecule has 1 amide bonds. The molecule has 1 fully saturated rings. The number of hydrogen-bond donors (Lipinski definition) is 0. The lowest BCUT2D eigenvalue weighted by atomic mass is 10.2. The zero-order chi connectivity index (χ0) is 21.6. The average Bonchev–Trinajstić information content (AvgIpc) is 3.42. The van der Waals surface area contributed by atoms with Crippen LogP contribution < -0.4 is 5.56 Å². The highest BCUT2D eigenvalue weighted by Crippen LogP contribution is 2.41. The Morgan fingerprint density at radius 3 is 2.37 bits per heavy atom. The van der Waals surface area contributed by atoms with Crippen LogP contribution in [0.4, 0.5) is 4.39 Å². The van der Waals surface area contributed by atoms with Gasteiger partial charge in [-0.3, -0.25) is 9.59 Å². The maximum Gasteiger partial charge on any atom is 0.293 e. The summed E-state index contributed by atoms with van der Waals surface area (Å²) in [5.41, 5.74) is 1.37. The zero-order valence-electron chi connectivity index (χ0n) is 17.7. The largest absolute Gasteiger partial charge is 0.336 e. The second-order valence-electron chi connectivity index (χ2n) is 8.41. The molecule has 1 aromatic carbocycles. The number of halogens is 1. The minimum absolute atomic E-state index is 0.0181. The van der Waals surface area contributed by atoms with Crippen LogP contribution in [-0.2, 0) is 11.3 Å². The molecule has 1 saturated carbocycles. The summed E-state index contributed by atoms with van der Waals surface area (Å²) in [7, 11) is 0. The number of nitrogens with zero attached hydrogens (tertiary/aromatic N) is 5. The number of carbonyl (C=O) groups is 1. The van der Waals surface area contributed by atoms with E-state index in [0.717, 1.165) is 18.5 Å². The first-order chi connectivity index (χ1) is 14.3. The van der Waals surface area contributed by atoms with E-state index in [2.05, 4.69) is 10.2 Å². The van der Waals surface area contributed by atoms with Gasteiger partial charge in [-0.2, -0.15) is 10.2 Å². The minimum atomic E-state index is -0.378. The van der Waals surface area contributed by atoms with Crippen molar-refractivity contribution in [3.8, 4) is 5.69 Å². The topological polar surface area (TPSA) is 73.0 Å². The average molecular weight is 411 g/mol. The molecule has 0 aliphatic heterocycles. The molecular weight excluding hydrogens is 385 g/mol. The third kappa shape index (κ3) is 3.62. The van der Waals surface area contributed by atoms with Crippen LogP contribution in [0.5, 0.6) is 0 Å². The molecule has 0 N–H and O–H groups in total. The number of amides is 1. The second-order valence-corrected chi connectivity index (χ2v) is 8.41. The van der Waals surface area contributed by atoms with Crippen molar-refractivity contribution < 1.29 is 9.18 Å². The monoisotopic (exact) mass is 411 g/mol. The molecule has 1 aliphatic carbocycles. The summed E-state index contributed by atoms with van der Waals surface area (Å²) in [6.45, 7) is 7.69. The van der Waals surface area contributed by atoms with Crippen LogP contribution in [0.25, 0.3) is 16.6 Å². The van der Waals surface area contributed by atoms with Crippen molar-refractivity contribution in [3.63, 3.8) is 0 Å². The van der Waals surface area contributed by atoms with E-state index in [9.17, 15) is 14.0 Å². The summed E-state index contributed by atoms with van der Waals surface area (Å²) >= 11 is 0. The molecule has 1 aliphatic rings. The summed E-state index contributed by atoms with van der Waals surface area (Å²) in [6, 6.07) is 5.85. The summed E-state index contributed by atoms with van der Waals surface area (Å²) < 4.78 is 16.1. The van der Waals surface area contributed by atoms with E-state index in [1.807, 2.05) is 27.7 Å². The lowest BCUT2D eigenvalue weighted by Crippen LogP contribution is -2.45. The number of carbonyl (C=O) groups excluding carboxylic acids is 1. The van der Waals surface area contributed by atoms with E-state index in [-0.39, 0.29) is 41.8 Å². The van der Waals surface area contributed by atoms with Gasteiger partial charge < -0.3 is 4.90 Å². The predicted octanol–water partition coefficient (Wildman–Crippen LogP) is 3.24. The van der Waals surface area contributed by atoms with E-state index in [1.165, 1.54) is 21.5 Å². The highest BCUT2D eigenvalue weighted by Gasteiger charge is 2.31. The Labute approximate surface area is 174 Å². The molecule has 0 atom stereocenters. The molecule has 8 heteroatoms. The van der Waals surface area contributed by atoms with Gasteiger partial charge in [0.1, 0.15) is 17.9 Å². The SMILES string of the molecule is CC(C)N(C(=O)Cn1nc(C2CC2)c2cnn(-c3ccc(F)cc3)c2c1=O)C(C)C. The molecule has 7 nitrogen and oxygen atoms in total. The van der Waals surface area contributed by atoms with Crippen LogP contribution in [0.3, 0.4) is 0 Å². The summed E-state index contributed by atoms with van der Waals surface area (Å²) in [4.78, 5) is 28.1. The van der Waals surface area contributed by atoms with Crippen molar-refractivity contribution in [1.29, 1.82) is 0 Å². The van der Waals surface area contributed by atoms with Crippen molar-refractivity contribution in [2.45, 2.75) is 65.1 Å². The third-order valence-corrected chi connectivity index (χ3v) is 5.43. The van der Waals surface area contributed by atoms with Crippen LogP contribution in [-0.4, -0.2) is 42.5 Å². The molecule has 0 saturated heterocycles. The summed E-state index contributed by atoms with van der Waals surface area (Å²) in [6.07, 6.45) is 3.64. The molecule has 0 unspecified atom stereocenters. The van der Waals surface area contributed by atoms with Crippen LogP contribution in [0, 0.1) is 5.82 Å². The van der Waals surface area contributed by atoms with Gasteiger partial charge in [0.15, 0.2) is 0 Å². The van der Waals surface area contributed by atoms with Gasteiger partial charge in [-0.15, -0.1) is 0 Å². The predicted molar refractivity (Wildman–Crippen MR) is 112 cm³/mol. The third-order valence-electron chi connectivity index (χ3n) is 5.43. The Morgan fingerprint density at radius 1 is 1.17 bits per heavy atom. The van der Waals surface area contributed by atoms with Crippen LogP contribution >= 0.6 is 0 Å². The highest BCUT2D eigenvalue weighted by atomic mass is 19.1. The maximum atomic E-state index is 13.4. The highest BCUT2D eigenvalue weighted by molar-refractivity contribution is 5.83. The Morgan fingerprint density at radius 2 is 1.80 bits per heavy atom. The van der Waals surface area contributed by atoms with E-state index in [1.54, 1.807) is 23.2 Å². The van der Waals surface area contributed by atoms with E-state index < -0.39 is 0 Å². The molecule has 30 heavy (non-hydrogen) atoms. The minimum Gasteiger partial charge on any atom is -0.336 e. The molecule has 0 bridgehead atoms. The van der Waals surface area contributed by atoms with Gasteiger partial charge in [-0.05, 0) is 64.8 Å². The molecule has 4 rings (SSSR count). The normalized spacial score (nSPS) is 14.1. The van der Waals surface area contributed by atoms with E-state index >= 15 is 0 Å². The molecular formula is C22H26FN5O2. The van der Waals surface area contributed by atoms with E-state index in [0.29, 0.717) is 16.6 Å². The number of benzene rings is 1. The zero-order valence-corrected chi connectivity index (χ0v) is 17.7. The standard InChI is InChI=1S/C22H26FN5O2/c1-13(2)27(14(3)4)19(29)12-26-22(30)21-18(20(25-26)15-5-6-15)11-24-28(21)17-9-7-16(23)8-10-17/h7-11,13-15H,5-6,12H2,1-4H3. The first kappa shape index (κ1) is 20.3. The van der Waals surface area contributed by atoms with Gasteiger partial charge in [-0.25, -0.2) is 13.8 Å². The van der Waals surface area contributed by atoms with Gasteiger partial charge in [0.05, 0.1) is 17.6 Å². The van der Waals surface area contributed by atoms with Crippen LogP contribution in [0.15, 0.2) is 35.3 Å². The fourth-order valence-corrected chi connectivity index (χ4v) is 4.02. The lowest BCUT2D eigenvalue weighted by molar-refractivity contribution is -0.135. The number of hydrogen-bond acceptors (Lipinski definition) is 4. The summed E-state index contributed by atoms with van der Waals surface area (Å²) in [5, 5.41) is 9.65. The van der Waals surface area contributed by atoms with Crippen molar-refractivity contribution >= 4 is 16.8 Å². The number of fused-ring (bicyclic) bond motifs is 1. The van der Waals surface area contributed by atoms with Crippen molar-refractivity contribution in [2.24, 2.45) is 0 Å². The van der Waals surface area contributed by atoms with Gasteiger partial charge >= 0.3 is 0 Å². The lowest BCUT2D eigenvalue weighted by Gasteiger charge is -2.30. The number of rotatable bonds is 6. The second kappa shape index (κ2) is 7.66. The van der Waals surface area contributed by atoms with Crippen molar-refractivity contribution in [1.82, 2.24) is 24.5 Å². The quantitative estimate of drug-likeness (QED) is 0.624. The van der Waals surface area contributed by atoms with Crippen molar-refractivity contribution in [2.75, 3.05) is 0 Å². The van der Waals surface area contributed by atoms with Crippen molar-refractivity contribution in [3.05, 3.63) is 52.3 Å². The fraction of sp³-hybridized carbons (Fsp3) is 0.455. The molecule has 0 spiro atoms. The Kier molecular flexibility index (Phi) is 5.17. The molecule has 3 aromatic rings. The van der Waals surface area contributed by atoms with Crippen LogP contribution in [0.2, 0.25) is 0 Å².